The summed E-state index contributed by atoms with van der Waals surface area (Å²) in [6, 6.07) is 0. The summed E-state index contributed by atoms with van der Waals surface area (Å²) in [4.78, 5) is 0. The van der Waals surface area contributed by atoms with Crippen LogP contribution in [-0.2, 0) is 0 Å². The molecule has 2 atom stereocenters. The first-order valence-corrected chi connectivity index (χ1v) is 4.66. The molecule has 0 aliphatic rings. The van der Waals surface area contributed by atoms with Crippen LogP contribution in [0.4, 0.5) is 0 Å². The Morgan fingerprint density at radius 3 is 2.42 bits per heavy atom. The van der Waals surface area contributed by atoms with E-state index in [9.17, 15) is 5.11 Å². The molecule has 3 N–H and O–H groups in total. The van der Waals surface area contributed by atoms with Crippen LogP contribution >= 0.6 is 0 Å². The largest absolute Gasteiger partial charge is 0.379 e. The van der Waals surface area contributed by atoms with E-state index < -0.39 is 12.0 Å². The molecule has 0 spiro atoms. The molecule has 0 fully saturated rings. The molecular weight excluding hydrogens is 154 g/mol. The fourth-order valence-electron chi connectivity index (χ4n) is 1.24. The molecule has 0 radical (unpaired) electrons. The van der Waals surface area contributed by atoms with Gasteiger partial charge in [0.25, 0.3) is 0 Å². The maximum Gasteiger partial charge on any atom is 0.115 e. The third kappa shape index (κ3) is 6.58. The van der Waals surface area contributed by atoms with Gasteiger partial charge in [-0.15, -0.1) is 0 Å². The maximum atomic E-state index is 9.64. The molecule has 0 amide bonds. The highest BCUT2D eigenvalue weighted by Crippen LogP contribution is 2.11. The van der Waals surface area contributed by atoms with E-state index >= 15 is 0 Å². The van der Waals surface area contributed by atoms with Gasteiger partial charge in [-0.05, 0) is 26.7 Å². The fourth-order valence-corrected chi connectivity index (χ4v) is 1.24. The Labute approximate surface area is 74.8 Å². The van der Waals surface area contributed by atoms with E-state index in [2.05, 4.69) is 12.2 Å². The minimum absolute atomic E-state index is 0.651. The van der Waals surface area contributed by atoms with E-state index in [0.717, 1.165) is 19.3 Å². The number of hydrogen-bond acceptors (Lipinski definition) is 3. The first-order valence-electron chi connectivity index (χ1n) is 4.66. The Hall–Kier alpha value is -0.120. The zero-order valence-electron chi connectivity index (χ0n) is 8.30. The summed E-state index contributed by atoms with van der Waals surface area (Å²) in [5, 5.41) is 21.3. The summed E-state index contributed by atoms with van der Waals surface area (Å²) < 4.78 is 0. The van der Waals surface area contributed by atoms with Crippen LogP contribution in [-0.4, -0.2) is 22.2 Å². The van der Waals surface area contributed by atoms with Gasteiger partial charge in [0.1, 0.15) is 12.0 Å². The molecule has 0 bridgehead atoms. The second-order valence-corrected chi connectivity index (χ2v) is 3.55. The fraction of sp³-hybridized carbons (Fsp3) is 1.00. The van der Waals surface area contributed by atoms with Crippen LogP contribution in [0, 0.1) is 0 Å². The molecule has 0 aliphatic carbocycles. The number of aliphatic hydroxyl groups is 2. The second-order valence-electron chi connectivity index (χ2n) is 3.55. The third-order valence-corrected chi connectivity index (χ3v) is 1.79. The van der Waals surface area contributed by atoms with E-state index in [1.54, 1.807) is 13.8 Å². The van der Waals surface area contributed by atoms with Crippen molar-refractivity contribution < 1.29 is 10.2 Å². The van der Waals surface area contributed by atoms with E-state index in [-0.39, 0.29) is 0 Å². The molecule has 0 heterocycles. The van der Waals surface area contributed by atoms with Gasteiger partial charge in [-0.25, -0.2) is 0 Å². The minimum atomic E-state index is -0.927. The van der Waals surface area contributed by atoms with Gasteiger partial charge in [0.05, 0.1) is 0 Å². The van der Waals surface area contributed by atoms with Crippen molar-refractivity contribution in [2.24, 2.45) is 0 Å². The van der Waals surface area contributed by atoms with Gasteiger partial charge in [0, 0.05) is 0 Å². The van der Waals surface area contributed by atoms with Crippen LogP contribution in [0.15, 0.2) is 0 Å². The summed E-state index contributed by atoms with van der Waals surface area (Å²) in [5.41, 5.74) is -0.927. The van der Waals surface area contributed by atoms with Gasteiger partial charge in [0.2, 0.25) is 0 Å². The summed E-state index contributed by atoms with van der Waals surface area (Å²) in [5.74, 6) is 0. The molecule has 12 heavy (non-hydrogen) atoms. The van der Waals surface area contributed by atoms with Crippen LogP contribution in [0.1, 0.15) is 46.5 Å². The zero-order chi connectivity index (χ0) is 9.61. The molecule has 3 nitrogen and oxygen atoms in total. The highest BCUT2D eigenvalue weighted by molar-refractivity contribution is 4.69. The average molecular weight is 175 g/mol. The number of aliphatic hydroxyl groups excluding tert-OH is 1. The molecule has 0 aliphatic heterocycles. The van der Waals surface area contributed by atoms with Crippen molar-refractivity contribution in [3.8, 4) is 0 Å². The molecule has 0 aromatic heterocycles. The minimum Gasteiger partial charge on any atom is -0.379 e. The lowest BCUT2D eigenvalue weighted by atomic mass is 10.1. The van der Waals surface area contributed by atoms with Gasteiger partial charge >= 0.3 is 0 Å². The van der Waals surface area contributed by atoms with Gasteiger partial charge in [-0.1, -0.05) is 19.8 Å². The normalized spacial score (nSPS) is 18.8. The summed E-state index contributed by atoms with van der Waals surface area (Å²) in [7, 11) is 0. The highest BCUT2D eigenvalue weighted by Gasteiger charge is 2.20. The van der Waals surface area contributed by atoms with Crippen molar-refractivity contribution >= 4 is 0 Å². The van der Waals surface area contributed by atoms with Crippen LogP contribution in [0.25, 0.3) is 0 Å². The number of nitrogens with one attached hydrogen (secondary N) is 1. The van der Waals surface area contributed by atoms with Gasteiger partial charge < -0.3 is 10.2 Å². The van der Waals surface area contributed by atoms with Crippen LogP contribution < -0.4 is 5.32 Å². The van der Waals surface area contributed by atoms with Crippen molar-refractivity contribution in [2.75, 3.05) is 0 Å². The van der Waals surface area contributed by atoms with Crippen molar-refractivity contribution in [3.05, 3.63) is 0 Å². The first kappa shape index (κ1) is 11.9. The second kappa shape index (κ2) is 5.51. The first-order chi connectivity index (χ1) is 5.48. The molecule has 0 saturated carbocycles. The Kier molecular flexibility index (Phi) is 5.46. The predicted octanol–water partition coefficient (Wildman–Crippen LogP) is 1.20. The monoisotopic (exact) mass is 175 g/mol. The lowest BCUT2D eigenvalue weighted by Crippen LogP contribution is -2.46. The van der Waals surface area contributed by atoms with E-state index in [1.165, 1.54) is 0 Å². The molecule has 0 rings (SSSR count). The molecule has 3 heteroatoms. The quantitative estimate of drug-likeness (QED) is 0.420. The number of rotatable bonds is 6. The average Bonchev–Trinajstić information content (AvgIpc) is 1.84. The standard InChI is InChI=1S/C9H21NO2/c1-4-5-6-7-9(3,12)10-8(2)11/h8,10-12H,4-7H2,1-3H3. The molecule has 0 aromatic carbocycles. The van der Waals surface area contributed by atoms with E-state index in [4.69, 9.17) is 5.11 Å². The highest BCUT2D eigenvalue weighted by atomic mass is 16.3. The zero-order valence-corrected chi connectivity index (χ0v) is 8.30. The van der Waals surface area contributed by atoms with Crippen molar-refractivity contribution in [1.29, 1.82) is 0 Å². The number of unbranched alkanes of at least 4 members (excludes halogenated alkanes) is 2. The molecule has 0 saturated heterocycles. The van der Waals surface area contributed by atoms with Crippen LogP contribution in [0.3, 0.4) is 0 Å². The Morgan fingerprint density at radius 1 is 1.42 bits per heavy atom. The number of hydrogen-bond donors (Lipinski definition) is 3. The SMILES string of the molecule is CCCCCC(C)(O)NC(C)O. The van der Waals surface area contributed by atoms with Gasteiger partial charge in [0.15, 0.2) is 0 Å². The van der Waals surface area contributed by atoms with Gasteiger partial charge in [-0.3, -0.25) is 5.32 Å². The summed E-state index contributed by atoms with van der Waals surface area (Å²) >= 11 is 0. The van der Waals surface area contributed by atoms with Gasteiger partial charge in [-0.2, -0.15) is 0 Å². The molecule has 74 valence electrons. The third-order valence-electron chi connectivity index (χ3n) is 1.79. The molecule has 0 aromatic rings. The summed E-state index contributed by atoms with van der Waals surface area (Å²) in [6.45, 7) is 5.42. The Bertz CT molecular complexity index is 113. The van der Waals surface area contributed by atoms with Crippen molar-refractivity contribution in [1.82, 2.24) is 5.32 Å². The molecule has 2 unspecified atom stereocenters. The van der Waals surface area contributed by atoms with Crippen molar-refractivity contribution in [3.63, 3.8) is 0 Å². The van der Waals surface area contributed by atoms with E-state index in [0.29, 0.717) is 6.42 Å². The van der Waals surface area contributed by atoms with Crippen LogP contribution in [0.5, 0.6) is 0 Å². The van der Waals surface area contributed by atoms with Crippen molar-refractivity contribution in [2.45, 2.75) is 58.4 Å². The lowest BCUT2D eigenvalue weighted by Gasteiger charge is -2.26. The van der Waals surface area contributed by atoms with E-state index in [1.807, 2.05) is 0 Å². The van der Waals surface area contributed by atoms with Crippen LogP contribution in [0.2, 0.25) is 0 Å². The molecular formula is C9H21NO2. The smallest absolute Gasteiger partial charge is 0.115 e. The Morgan fingerprint density at radius 2 is 2.00 bits per heavy atom. The Balaban J connectivity index is 3.56. The lowest BCUT2D eigenvalue weighted by molar-refractivity contribution is -0.0343. The predicted molar refractivity (Wildman–Crippen MR) is 49.6 cm³/mol. The maximum absolute atomic E-state index is 9.64. The topological polar surface area (TPSA) is 52.5 Å². The summed E-state index contributed by atoms with van der Waals surface area (Å²) in [6.07, 6.45) is 3.29.